The Bertz CT molecular complexity index is 941. The molecule has 0 aliphatic carbocycles. The predicted octanol–water partition coefficient (Wildman–Crippen LogP) is 4.19. The second-order valence-electron chi connectivity index (χ2n) is 6.52. The highest BCUT2D eigenvalue weighted by molar-refractivity contribution is 7.89. The van der Waals surface area contributed by atoms with Crippen molar-refractivity contribution in [1.29, 1.82) is 0 Å². The number of hydrogen-bond donors (Lipinski definition) is 2. The maximum Gasteiger partial charge on any atom is 0.416 e. The van der Waals surface area contributed by atoms with E-state index >= 15 is 0 Å². The van der Waals surface area contributed by atoms with Crippen molar-refractivity contribution in [2.24, 2.45) is 0 Å². The number of benzene rings is 2. The highest BCUT2D eigenvalue weighted by Gasteiger charge is 2.38. The Morgan fingerprint density at radius 1 is 0.871 bits per heavy atom. The highest BCUT2D eigenvalue weighted by atomic mass is 32.2. The molecule has 0 atom stereocenters. The van der Waals surface area contributed by atoms with Crippen LogP contribution in [0, 0.1) is 0 Å². The van der Waals surface area contributed by atoms with Gasteiger partial charge in [0.2, 0.25) is 10.0 Å². The first-order valence-electron chi connectivity index (χ1n) is 8.96. The lowest BCUT2D eigenvalue weighted by Gasteiger charge is -2.15. The molecular weight excluding hydrogens is 450 g/mol. The summed E-state index contributed by atoms with van der Waals surface area (Å²) in [5.41, 5.74) is -2.43. The zero-order valence-electron chi connectivity index (χ0n) is 16.3. The van der Waals surface area contributed by atoms with Crippen LogP contribution in [0.25, 0.3) is 0 Å². The van der Waals surface area contributed by atoms with Gasteiger partial charge < -0.3 is 10.1 Å². The largest absolute Gasteiger partial charge is 0.497 e. The summed E-state index contributed by atoms with van der Waals surface area (Å²) in [6.07, 6.45) is -9.99. The van der Waals surface area contributed by atoms with Gasteiger partial charge in [0, 0.05) is 13.1 Å². The smallest absolute Gasteiger partial charge is 0.416 e. The van der Waals surface area contributed by atoms with Crippen molar-refractivity contribution in [1.82, 2.24) is 10.0 Å². The van der Waals surface area contributed by atoms with E-state index in [1.807, 2.05) is 16.9 Å². The van der Waals surface area contributed by atoms with Crippen molar-refractivity contribution >= 4 is 10.0 Å². The summed E-state index contributed by atoms with van der Waals surface area (Å²) in [5, 5.41) is 3.05. The van der Waals surface area contributed by atoms with Crippen LogP contribution in [-0.4, -0.2) is 28.6 Å². The SMILES string of the molecule is COc1ccc(CNCCCNS(=O)(=O)c2cc(C(F)(F)F)cc(C(F)(F)F)c2)cc1. The fourth-order valence-electron chi connectivity index (χ4n) is 2.56. The molecule has 2 aromatic carbocycles. The standard InChI is InChI=1S/C19H20F6N2O3S/c1-30-16-5-3-13(4-6-16)12-26-7-2-8-27-31(28,29)17-10-14(18(20,21)22)9-15(11-17)19(23,24)25/h3-6,9-11,26-27H,2,7-8,12H2,1H3. The molecule has 0 aliphatic rings. The van der Waals surface area contributed by atoms with Crippen LogP contribution in [0.2, 0.25) is 0 Å². The molecule has 0 amide bonds. The van der Waals surface area contributed by atoms with Crippen LogP contribution in [0.3, 0.4) is 0 Å². The van der Waals surface area contributed by atoms with Crippen molar-refractivity contribution in [3.63, 3.8) is 0 Å². The van der Waals surface area contributed by atoms with E-state index in [4.69, 9.17) is 4.74 Å². The third-order valence-corrected chi connectivity index (χ3v) is 5.62. The molecular formula is C19H20F6N2O3S. The van der Waals surface area contributed by atoms with Crippen LogP contribution in [0.1, 0.15) is 23.1 Å². The third kappa shape index (κ3) is 7.40. The van der Waals surface area contributed by atoms with Gasteiger partial charge in [0.05, 0.1) is 23.1 Å². The lowest BCUT2D eigenvalue weighted by Crippen LogP contribution is -2.28. The number of methoxy groups -OCH3 is 1. The molecule has 2 rings (SSSR count). The quantitative estimate of drug-likeness (QED) is 0.426. The molecule has 0 saturated heterocycles. The van der Waals surface area contributed by atoms with Crippen LogP contribution in [0.5, 0.6) is 5.75 Å². The summed E-state index contributed by atoms with van der Waals surface area (Å²) < 4.78 is 109. The van der Waals surface area contributed by atoms with Crippen molar-refractivity contribution in [2.45, 2.75) is 30.2 Å². The van der Waals surface area contributed by atoms with Crippen LogP contribution >= 0.6 is 0 Å². The van der Waals surface area contributed by atoms with E-state index in [1.165, 1.54) is 7.11 Å². The predicted molar refractivity (Wildman–Crippen MR) is 101 cm³/mol. The van der Waals surface area contributed by atoms with Crippen LogP contribution in [-0.2, 0) is 28.9 Å². The maximum atomic E-state index is 12.9. The molecule has 0 radical (unpaired) electrons. The van der Waals surface area contributed by atoms with Crippen molar-refractivity contribution in [2.75, 3.05) is 20.2 Å². The first-order chi connectivity index (χ1) is 14.3. The number of sulfonamides is 1. The normalized spacial score (nSPS) is 12.7. The Morgan fingerprint density at radius 3 is 1.90 bits per heavy atom. The molecule has 2 N–H and O–H groups in total. The molecule has 12 heteroatoms. The van der Waals surface area contributed by atoms with Gasteiger partial charge in [0.15, 0.2) is 0 Å². The van der Waals surface area contributed by atoms with Gasteiger partial charge in [-0.25, -0.2) is 13.1 Å². The molecule has 0 bridgehead atoms. The minimum Gasteiger partial charge on any atom is -0.497 e. The van der Waals surface area contributed by atoms with Gasteiger partial charge in [0.1, 0.15) is 5.75 Å². The number of hydrogen-bond acceptors (Lipinski definition) is 4. The van der Waals surface area contributed by atoms with E-state index in [2.05, 4.69) is 5.32 Å². The second-order valence-corrected chi connectivity index (χ2v) is 8.28. The zero-order valence-corrected chi connectivity index (χ0v) is 17.1. The van der Waals surface area contributed by atoms with E-state index in [0.29, 0.717) is 18.8 Å². The Labute approximate surface area is 175 Å². The van der Waals surface area contributed by atoms with Gasteiger partial charge >= 0.3 is 12.4 Å². The zero-order chi connectivity index (χ0) is 23.3. The van der Waals surface area contributed by atoms with Gasteiger partial charge in [-0.3, -0.25) is 0 Å². The number of rotatable bonds is 9. The summed E-state index contributed by atoms with van der Waals surface area (Å²) in [6, 6.07) is 7.45. The highest BCUT2D eigenvalue weighted by Crippen LogP contribution is 2.37. The molecule has 0 fully saturated rings. The molecule has 2 aromatic rings. The summed E-state index contributed by atoms with van der Waals surface area (Å²) in [5.74, 6) is 0.696. The molecule has 0 saturated carbocycles. The molecule has 0 aromatic heterocycles. The number of ether oxygens (including phenoxy) is 1. The Balaban J connectivity index is 1.95. The summed E-state index contributed by atoms with van der Waals surface area (Å²) in [6.45, 7) is 0.680. The van der Waals surface area contributed by atoms with E-state index in [-0.39, 0.29) is 31.2 Å². The monoisotopic (exact) mass is 470 g/mol. The maximum absolute atomic E-state index is 12.9. The van der Waals surface area contributed by atoms with Crippen LogP contribution in [0.15, 0.2) is 47.4 Å². The second kappa shape index (κ2) is 9.88. The summed E-state index contributed by atoms with van der Waals surface area (Å²) in [7, 11) is -3.03. The molecule has 31 heavy (non-hydrogen) atoms. The average molecular weight is 470 g/mol. The average Bonchev–Trinajstić information content (AvgIpc) is 2.69. The van der Waals surface area contributed by atoms with Gasteiger partial charge in [-0.1, -0.05) is 12.1 Å². The minimum atomic E-state index is -5.13. The van der Waals surface area contributed by atoms with E-state index in [9.17, 15) is 34.8 Å². The lowest BCUT2D eigenvalue weighted by atomic mass is 10.1. The number of alkyl halides is 6. The van der Waals surface area contributed by atoms with Gasteiger partial charge in [-0.15, -0.1) is 0 Å². The molecule has 0 unspecified atom stereocenters. The molecule has 0 aliphatic heterocycles. The molecule has 0 heterocycles. The molecule has 5 nitrogen and oxygen atoms in total. The van der Waals surface area contributed by atoms with E-state index in [1.54, 1.807) is 12.1 Å². The van der Waals surface area contributed by atoms with Gasteiger partial charge in [-0.2, -0.15) is 26.3 Å². The van der Waals surface area contributed by atoms with Crippen LogP contribution in [0.4, 0.5) is 26.3 Å². The first-order valence-corrected chi connectivity index (χ1v) is 10.4. The fourth-order valence-corrected chi connectivity index (χ4v) is 3.70. The van der Waals surface area contributed by atoms with Crippen molar-refractivity contribution in [3.8, 4) is 5.75 Å². The first kappa shape index (κ1) is 25.0. The summed E-state index contributed by atoms with van der Waals surface area (Å²) in [4.78, 5) is -1.10. The van der Waals surface area contributed by atoms with Crippen LogP contribution < -0.4 is 14.8 Å². The Morgan fingerprint density at radius 2 is 1.42 bits per heavy atom. The van der Waals surface area contributed by atoms with E-state index < -0.39 is 38.4 Å². The molecule has 0 spiro atoms. The van der Waals surface area contributed by atoms with Crippen molar-refractivity contribution < 1.29 is 39.5 Å². The number of halogens is 6. The van der Waals surface area contributed by atoms with E-state index in [0.717, 1.165) is 5.56 Å². The third-order valence-electron chi connectivity index (χ3n) is 4.18. The topological polar surface area (TPSA) is 67.4 Å². The van der Waals surface area contributed by atoms with Gasteiger partial charge in [-0.05, 0) is 48.9 Å². The Hall–Kier alpha value is -2.31. The molecule has 172 valence electrons. The van der Waals surface area contributed by atoms with Crippen molar-refractivity contribution in [3.05, 3.63) is 59.2 Å². The number of nitrogens with one attached hydrogen (secondary N) is 2. The Kier molecular flexibility index (Phi) is 7.95. The summed E-state index contributed by atoms with van der Waals surface area (Å²) >= 11 is 0. The minimum absolute atomic E-state index is 0.123. The fraction of sp³-hybridized carbons (Fsp3) is 0.368. The van der Waals surface area contributed by atoms with Gasteiger partial charge in [0.25, 0.3) is 0 Å². The lowest BCUT2D eigenvalue weighted by molar-refractivity contribution is -0.143.